The first-order valence-electron chi connectivity index (χ1n) is 10.4. The Hall–Kier alpha value is -1.59. The Morgan fingerprint density at radius 1 is 1.07 bits per heavy atom. The highest BCUT2D eigenvalue weighted by molar-refractivity contribution is 5.79. The third-order valence-corrected chi connectivity index (χ3v) is 5.26. The van der Waals surface area contributed by atoms with Crippen molar-refractivity contribution in [3.63, 3.8) is 0 Å². The van der Waals surface area contributed by atoms with E-state index in [1.807, 2.05) is 0 Å². The molecule has 1 aromatic carbocycles. The van der Waals surface area contributed by atoms with E-state index in [-0.39, 0.29) is 5.54 Å². The predicted molar refractivity (Wildman–Crippen MR) is 116 cm³/mol. The van der Waals surface area contributed by atoms with Gasteiger partial charge in [0.05, 0.1) is 6.54 Å². The topological polar surface area (TPSA) is 42.9 Å². The first-order valence-corrected chi connectivity index (χ1v) is 10.4. The lowest BCUT2D eigenvalue weighted by Gasteiger charge is -2.41. The van der Waals surface area contributed by atoms with Gasteiger partial charge in [-0.25, -0.2) is 4.99 Å². The standard InChI is InChI=1S/C22H39N5/c1-6-23-21(25-18-22(2,3)27-14-10-7-11-15-27)24-16-19-12-8-9-13-20(19)17-26(4)5/h8-9,12-13H,6-7,10-11,14-18H2,1-5H3,(H2,23,24,25). The number of piperidine rings is 1. The van der Waals surface area contributed by atoms with Crippen LogP contribution in [0.5, 0.6) is 0 Å². The van der Waals surface area contributed by atoms with Crippen molar-refractivity contribution in [2.24, 2.45) is 4.99 Å². The molecular weight excluding hydrogens is 334 g/mol. The molecule has 1 aromatic rings. The number of rotatable bonds is 8. The third kappa shape index (κ3) is 7.15. The van der Waals surface area contributed by atoms with Gasteiger partial charge in [0.2, 0.25) is 0 Å². The lowest BCUT2D eigenvalue weighted by molar-refractivity contribution is 0.0982. The Morgan fingerprint density at radius 3 is 2.37 bits per heavy atom. The minimum absolute atomic E-state index is 0.138. The van der Waals surface area contributed by atoms with Crippen LogP contribution in [0.25, 0.3) is 0 Å². The highest BCUT2D eigenvalue weighted by Gasteiger charge is 2.27. The summed E-state index contributed by atoms with van der Waals surface area (Å²) < 4.78 is 0. The summed E-state index contributed by atoms with van der Waals surface area (Å²) >= 11 is 0. The number of guanidine groups is 1. The van der Waals surface area contributed by atoms with Crippen LogP contribution in [0.3, 0.4) is 0 Å². The smallest absolute Gasteiger partial charge is 0.191 e. The molecule has 0 atom stereocenters. The van der Waals surface area contributed by atoms with E-state index in [0.29, 0.717) is 6.54 Å². The van der Waals surface area contributed by atoms with Gasteiger partial charge in [-0.2, -0.15) is 0 Å². The quantitative estimate of drug-likeness (QED) is 0.543. The molecule has 0 saturated carbocycles. The first-order chi connectivity index (χ1) is 12.9. The first kappa shape index (κ1) is 21.7. The minimum Gasteiger partial charge on any atom is -0.357 e. The van der Waals surface area contributed by atoms with E-state index >= 15 is 0 Å². The number of nitrogens with one attached hydrogen (secondary N) is 2. The van der Waals surface area contributed by atoms with Gasteiger partial charge in [0.1, 0.15) is 0 Å². The molecule has 152 valence electrons. The van der Waals surface area contributed by atoms with Gasteiger partial charge in [0, 0.05) is 25.2 Å². The van der Waals surface area contributed by atoms with Gasteiger partial charge in [-0.05, 0) is 71.9 Å². The molecular formula is C22H39N5. The summed E-state index contributed by atoms with van der Waals surface area (Å²) in [6.07, 6.45) is 4.01. The molecule has 1 saturated heterocycles. The summed E-state index contributed by atoms with van der Waals surface area (Å²) in [4.78, 5) is 9.67. The molecule has 0 aliphatic carbocycles. The lowest BCUT2D eigenvalue weighted by Crippen LogP contribution is -2.54. The second-order valence-electron chi connectivity index (χ2n) is 8.42. The zero-order chi connectivity index (χ0) is 19.7. The molecule has 5 nitrogen and oxygen atoms in total. The van der Waals surface area contributed by atoms with E-state index < -0.39 is 0 Å². The van der Waals surface area contributed by atoms with Crippen LogP contribution >= 0.6 is 0 Å². The van der Waals surface area contributed by atoms with Crippen LogP contribution in [0.1, 0.15) is 51.2 Å². The van der Waals surface area contributed by atoms with Crippen molar-refractivity contribution in [3.8, 4) is 0 Å². The molecule has 2 rings (SSSR count). The summed E-state index contributed by atoms with van der Waals surface area (Å²) in [5.41, 5.74) is 2.77. The maximum absolute atomic E-state index is 4.86. The average Bonchev–Trinajstić information content (AvgIpc) is 2.65. The van der Waals surface area contributed by atoms with E-state index in [1.165, 1.54) is 43.5 Å². The average molecular weight is 374 g/mol. The summed E-state index contributed by atoms with van der Waals surface area (Å²) in [5.74, 6) is 0.905. The van der Waals surface area contributed by atoms with Gasteiger partial charge in [0.15, 0.2) is 5.96 Å². The van der Waals surface area contributed by atoms with Gasteiger partial charge >= 0.3 is 0 Å². The number of aliphatic imine (C=N–C) groups is 1. The molecule has 0 radical (unpaired) electrons. The van der Waals surface area contributed by atoms with E-state index in [2.05, 4.69) is 79.6 Å². The molecule has 0 amide bonds. The molecule has 27 heavy (non-hydrogen) atoms. The number of likely N-dealkylation sites (tertiary alicyclic amines) is 1. The third-order valence-electron chi connectivity index (χ3n) is 5.26. The Labute approximate surface area is 166 Å². The van der Waals surface area contributed by atoms with Gasteiger partial charge in [-0.1, -0.05) is 30.7 Å². The highest BCUT2D eigenvalue weighted by atomic mass is 15.2. The minimum atomic E-state index is 0.138. The van der Waals surface area contributed by atoms with E-state index in [1.54, 1.807) is 0 Å². The maximum atomic E-state index is 4.86. The van der Waals surface area contributed by atoms with Crippen molar-refractivity contribution >= 4 is 5.96 Å². The van der Waals surface area contributed by atoms with Crippen molar-refractivity contribution in [1.29, 1.82) is 0 Å². The van der Waals surface area contributed by atoms with Crippen molar-refractivity contribution in [2.75, 3.05) is 40.3 Å². The fourth-order valence-corrected chi connectivity index (χ4v) is 3.62. The van der Waals surface area contributed by atoms with E-state index in [9.17, 15) is 0 Å². The molecule has 0 spiro atoms. The van der Waals surface area contributed by atoms with Gasteiger partial charge in [-0.3, -0.25) is 4.90 Å². The summed E-state index contributed by atoms with van der Waals surface area (Å²) in [6, 6.07) is 8.59. The van der Waals surface area contributed by atoms with E-state index in [4.69, 9.17) is 4.99 Å². The Bertz CT molecular complexity index is 588. The Balaban J connectivity index is 2.00. The van der Waals surface area contributed by atoms with Crippen molar-refractivity contribution in [2.45, 2.75) is 58.7 Å². The molecule has 0 aromatic heterocycles. The molecule has 1 aliphatic heterocycles. The highest BCUT2D eigenvalue weighted by Crippen LogP contribution is 2.19. The summed E-state index contributed by atoms with van der Waals surface area (Å²) in [5, 5.41) is 6.97. The fraction of sp³-hybridized carbons (Fsp3) is 0.682. The SMILES string of the molecule is CCNC(=NCc1ccccc1CN(C)C)NCC(C)(C)N1CCCCC1. The number of hydrogen-bond donors (Lipinski definition) is 2. The zero-order valence-electron chi connectivity index (χ0n) is 18.0. The van der Waals surface area contributed by atoms with Crippen molar-refractivity contribution < 1.29 is 0 Å². The second kappa shape index (κ2) is 10.7. The van der Waals surface area contributed by atoms with Crippen LogP contribution in [0.15, 0.2) is 29.3 Å². The Morgan fingerprint density at radius 2 is 1.74 bits per heavy atom. The molecule has 1 aliphatic rings. The number of nitrogens with zero attached hydrogens (tertiary/aromatic N) is 3. The normalized spacial score (nSPS) is 16.6. The van der Waals surface area contributed by atoms with Crippen LogP contribution in [0.4, 0.5) is 0 Å². The van der Waals surface area contributed by atoms with Crippen molar-refractivity contribution in [3.05, 3.63) is 35.4 Å². The molecule has 2 N–H and O–H groups in total. The maximum Gasteiger partial charge on any atom is 0.191 e. The molecule has 0 bridgehead atoms. The van der Waals surface area contributed by atoms with Crippen molar-refractivity contribution in [1.82, 2.24) is 20.4 Å². The molecule has 1 heterocycles. The molecule has 5 heteroatoms. The molecule has 0 unspecified atom stereocenters. The lowest BCUT2D eigenvalue weighted by atomic mass is 9.98. The van der Waals surface area contributed by atoms with Crippen LogP contribution in [0, 0.1) is 0 Å². The van der Waals surface area contributed by atoms with Gasteiger partial charge < -0.3 is 15.5 Å². The van der Waals surface area contributed by atoms with Crippen LogP contribution in [-0.2, 0) is 13.1 Å². The van der Waals surface area contributed by atoms with Crippen LogP contribution < -0.4 is 10.6 Å². The zero-order valence-corrected chi connectivity index (χ0v) is 18.0. The van der Waals surface area contributed by atoms with E-state index in [0.717, 1.165) is 25.6 Å². The van der Waals surface area contributed by atoms with Crippen LogP contribution in [-0.4, -0.2) is 61.6 Å². The Kier molecular flexibility index (Phi) is 8.58. The van der Waals surface area contributed by atoms with Gasteiger partial charge in [0.25, 0.3) is 0 Å². The molecule has 1 fully saturated rings. The number of hydrogen-bond acceptors (Lipinski definition) is 3. The fourth-order valence-electron chi connectivity index (χ4n) is 3.62. The van der Waals surface area contributed by atoms with Crippen LogP contribution in [0.2, 0.25) is 0 Å². The largest absolute Gasteiger partial charge is 0.357 e. The summed E-state index contributed by atoms with van der Waals surface area (Å²) in [6.45, 7) is 12.6. The predicted octanol–water partition coefficient (Wildman–Crippen LogP) is 3.07. The second-order valence-corrected chi connectivity index (χ2v) is 8.42. The monoisotopic (exact) mass is 373 g/mol. The number of benzene rings is 1. The van der Waals surface area contributed by atoms with Gasteiger partial charge in [-0.15, -0.1) is 0 Å². The summed E-state index contributed by atoms with van der Waals surface area (Å²) in [7, 11) is 4.21.